The van der Waals surface area contributed by atoms with E-state index in [0.717, 1.165) is 24.1 Å². The zero-order valence-electron chi connectivity index (χ0n) is 13.6. The molecule has 0 radical (unpaired) electrons. The number of carbonyl (C=O) groups excluding carboxylic acids is 1. The summed E-state index contributed by atoms with van der Waals surface area (Å²) >= 11 is 0. The Hall–Kier alpha value is -2.89. The highest BCUT2D eigenvalue weighted by molar-refractivity contribution is 5.97. The summed E-state index contributed by atoms with van der Waals surface area (Å²) in [6.45, 7) is 0.523. The Kier molecular flexibility index (Phi) is 3.87. The number of carboxylic acid groups (broad SMARTS) is 1. The maximum absolute atomic E-state index is 12.7. The molecule has 0 spiro atoms. The summed E-state index contributed by atoms with van der Waals surface area (Å²) in [5, 5.41) is 12.3. The summed E-state index contributed by atoms with van der Waals surface area (Å²) in [4.78, 5) is 28.4. The molecule has 4 rings (SSSR count). The van der Waals surface area contributed by atoms with Gasteiger partial charge in [-0.25, -0.2) is 4.79 Å². The molecule has 0 bridgehead atoms. The molecule has 1 fully saturated rings. The summed E-state index contributed by atoms with van der Waals surface area (Å²) in [6, 6.07) is 8.25. The van der Waals surface area contributed by atoms with Crippen LogP contribution in [0.3, 0.4) is 0 Å². The largest absolute Gasteiger partial charge is 0.491 e. The molecule has 128 valence electrons. The lowest BCUT2D eigenvalue weighted by Crippen LogP contribution is -2.33. The van der Waals surface area contributed by atoms with E-state index in [-0.39, 0.29) is 23.4 Å². The number of nitrogens with zero attached hydrogens (tertiary/aromatic N) is 1. The molecule has 2 N–H and O–H groups in total. The molecule has 1 amide bonds. The summed E-state index contributed by atoms with van der Waals surface area (Å²) in [5.74, 6) is -0.220. The van der Waals surface area contributed by atoms with E-state index < -0.39 is 5.97 Å². The van der Waals surface area contributed by atoms with Crippen LogP contribution in [0.1, 0.15) is 63.2 Å². The van der Waals surface area contributed by atoms with Crippen LogP contribution in [0.15, 0.2) is 36.5 Å². The van der Waals surface area contributed by atoms with Crippen LogP contribution < -0.4 is 10.1 Å². The Balaban J connectivity index is 1.58. The summed E-state index contributed by atoms with van der Waals surface area (Å²) in [7, 11) is 0. The van der Waals surface area contributed by atoms with Crippen molar-refractivity contribution in [1.29, 1.82) is 0 Å². The zero-order valence-corrected chi connectivity index (χ0v) is 13.6. The third kappa shape index (κ3) is 3.07. The molecule has 2 aliphatic rings. The van der Waals surface area contributed by atoms with Crippen molar-refractivity contribution in [3.63, 3.8) is 0 Å². The van der Waals surface area contributed by atoms with Crippen LogP contribution >= 0.6 is 0 Å². The van der Waals surface area contributed by atoms with E-state index in [1.165, 1.54) is 6.07 Å². The number of hydrogen-bond donors (Lipinski definition) is 2. The molecule has 2 aromatic rings. The smallest absolute Gasteiger partial charge is 0.335 e. The first kappa shape index (κ1) is 15.6. The van der Waals surface area contributed by atoms with Gasteiger partial charge in [0.2, 0.25) is 0 Å². The lowest BCUT2D eigenvalue weighted by atomic mass is 9.99. The highest BCUT2D eigenvalue weighted by Crippen LogP contribution is 2.42. The molecule has 6 nitrogen and oxygen atoms in total. The third-order valence-electron chi connectivity index (χ3n) is 4.66. The van der Waals surface area contributed by atoms with Crippen LogP contribution in [0.25, 0.3) is 0 Å². The maximum atomic E-state index is 12.7. The fourth-order valence-corrected chi connectivity index (χ4v) is 3.22. The van der Waals surface area contributed by atoms with Gasteiger partial charge in [-0.2, -0.15) is 0 Å². The minimum atomic E-state index is -0.948. The van der Waals surface area contributed by atoms with E-state index in [9.17, 15) is 14.7 Å². The molecular formula is C19H18N2O4. The first-order valence-corrected chi connectivity index (χ1v) is 8.39. The van der Waals surface area contributed by atoms with Gasteiger partial charge < -0.3 is 15.2 Å². The molecule has 1 saturated carbocycles. The second-order valence-electron chi connectivity index (χ2n) is 6.43. The molecule has 1 aromatic carbocycles. The summed E-state index contributed by atoms with van der Waals surface area (Å²) in [5.41, 5.74) is 2.25. The van der Waals surface area contributed by atoms with Crippen molar-refractivity contribution in [1.82, 2.24) is 10.3 Å². The van der Waals surface area contributed by atoms with Crippen molar-refractivity contribution in [2.75, 3.05) is 6.61 Å². The quantitative estimate of drug-likeness (QED) is 0.895. The molecule has 6 heteroatoms. The predicted molar refractivity (Wildman–Crippen MR) is 89.9 cm³/mol. The first-order valence-electron chi connectivity index (χ1n) is 8.39. The van der Waals surface area contributed by atoms with E-state index in [1.54, 1.807) is 24.4 Å². The van der Waals surface area contributed by atoms with Crippen LogP contribution in [0.2, 0.25) is 0 Å². The van der Waals surface area contributed by atoms with Gasteiger partial charge in [0.15, 0.2) is 0 Å². The van der Waals surface area contributed by atoms with Crippen LogP contribution in [0.5, 0.6) is 5.75 Å². The van der Waals surface area contributed by atoms with E-state index >= 15 is 0 Å². The third-order valence-corrected chi connectivity index (χ3v) is 4.66. The number of carboxylic acids is 1. The van der Waals surface area contributed by atoms with Gasteiger partial charge in [-0.1, -0.05) is 0 Å². The number of amides is 1. The molecule has 2 heterocycles. The van der Waals surface area contributed by atoms with Gasteiger partial charge in [0.05, 0.1) is 18.2 Å². The number of fused-ring (bicyclic) bond motifs is 1. The number of ether oxygens (including phenoxy) is 1. The fourth-order valence-electron chi connectivity index (χ4n) is 3.22. The number of rotatable bonds is 4. The van der Waals surface area contributed by atoms with Crippen molar-refractivity contribution in [3.8, 4) is 5.75 Å². The average Bonchev–Trinajstić information content (AvgIpc) is 3.46. The monoisotopic (exact) mass is 338 g/mol. The number of aromatic carboxylic acids is 1. The van der Waals surface area contributed by atoms with Gasteiger partial charge >= 0.3 is 5.97 Å². The lowest BCUT2D eigenvalue weighted by molar-refractivity contribution is 0.0694. The second kappa shape index (κ2) is 6.20. The zero-order chi connectivity index (χ0) is 17.4. The van der Waals surface area contributed by atoms with Crippen LogP contribution in [-0.2, 0) is 0 Å². The van der Waals surface area contributed by atoms with Gasteiger partial charge in [0.25, 0.3) is 5.91 Å². The van der Waals surface area contributed by atoms with Crippen LogP contribution in [-0.4, -0.2) is 28.6 Å². The Morgan fingerprint density at radius 3 is 2.80 bits per heavy atom. The molecule has 1 unspecified atom stereocenters. The summed E-state index contributed by atoms with van der Waals surface area (Å²) < 4.78 is 5.56. The van der Waals surface area contributed by atoms with E-state index in [4.69, 9.17) is 4.74 Å². The Bertz CT molecular complexity index is 845. The number of carbonyl (C=O) groups is 2. The molecule has 25 heavy (non-hydrogen) atoms. The molecular weight excluding hydrogens is 320 g/mol. The van der Waals surface area contributed by atoms with Gasteiger partial charge in [-0.05, 0) is 54.7 Å². The highest BCUT2D eigenvalue weighted by Gasteiger charge is 2.30. The van der Waals surface area contributed by atoms with Crippen LogP contribution in [0, 0.1) is 0 Å². The predicted octanol–water partition coefficient (Wildman–Crippen LogP) is 2.91. The molecule has 1 atom stereocenters. The van der Waals surface area contributed by atoms with Crippen molar-refractivity contribution < 1.29 is 19.4 Å². The number of hydrogen-bond acceptors (Lipinski definition) is 4. The van der Waals surface area contributed by atoms with E-state index in [1.807, 2.05) is 6.07 Å². The Morgan fingerprint density at radius 1 is 1.20 bits per heavy atom. The highest BCUT2D eigenvalue weighted by atomic mass is 16.5. The van der Waals surface area contributed by atoms with Gasteiger partial charge in [0.1, 0.15) is 11.4 Å². The van der Waals surface area contributed by atoms with E-state index in [2.05, 4.69) is 10.3 Å². The number of nitrogens with one attached hydrogen (secondary N) is 1. The first-order chi connectivity index (χ1) is 12.1. The second-order valence-corrected chi connectivity index (χ2v) is 6.43. The van der Waals surface area contributed by atoms with Crippen molar-refractivity contribution >= 4 is 11.9 Å². The molecule has 1 aromatic heterocycles. The van der Waals surface area contributed by atoms with Gasteiger partial charge in [0, 0.05) is 18.2 Å². The number of aromatic nitrogens is 1. The fraction of sp³-hybridized carbons (Fsp3) is 0.316. The van der Waals surface area contributed by atoms with E-state index in [0.29, 0.717) is 24.3 Å². The number of pyridine rings is 1. The molecule has 0 saturated heterocycles. The Labute approximate surface area is 144 Å². The molecule has 1 aliphatic carbocycles. The lowest BCUT2D eigenvalue weighted by Gasteiger charge is -2.25. The van der Waals surface area contributed by atoms with Crippen molar-refractivity contribution in [3.05, 3.63) is 58.9 Å². The maximum Gasteiger partial charge on any atom is 0.335 e. The minimum absolute atomic E-state index is 0.207. The average molecular weight is 338 g/mol. The van der Waals surface area contributed by atoms with Crippen molar-refractivity contribution in [2.24, 2.45) is 0 Å². The Morgan fingerprint density at radius 2 is 2.04 bits per heavy atom. The SMILES string of the molecule is O=C(NC1CCOc2cccnc21)c1ccc(C(=O)O)c(C2CC2)c1. The topological polar surface area (TPSA) is 88.5 Å². The molecule has 1 aliphatic heterocycles. The summed E-state index contributed by atoms with van der Waals surface area (Å²) in [6.07, 6.45) is 4.28. The number of benzene rings is 1. The minimum Gasteiger partial charge on any atom is -0.491 e. The van der Waals surface area contributed by atoms with Crippen molar-refractivity contribution in [2.45, 2.75) is 31.2 Å². The normalized spacial score (nSPS) is 18.8. The van der Waals surface area contributed by atoms with Crippen LogP contribution in [0.4, 0.5) is 0 Å². The standard InChI is InChI=1S/C19H18N2O4/c22-18(21-15-7-9-25-16-2-1-8-20-17(15)16)12-5-6-13(19(23)24)14(10-12)11-3-4-11/h1-2,5-6,8,10-11,15H,3-4,7,9H2,(H,21,22)(H,23,24). The van der Waals surface area contributed by atoms with Gasteiger partial charge in [-0.15, -0.1) is 0 Å². The van der Waals surface area contributed by atoms with Gasteiger partial charge in [-0.3, -0.25) is 9.78 Å².